The van der Waals surface area contributed by atoms with E-state index in [4.69, 9.17) is 9.84 Å². The Kier molecular flexibility index (Phi) is 13.4. The van der Waals surface area contributed by atoms with Gasteiger partial charge in [0.15, 0.2) is 0 Å². The molecule has 2 nitrogen and oxygen atoms in total. The summed E-state index contributed by atoms with van der Waals surface area (Å²) >= 11 is 0. The highest BCUT2D eigenvalue weighted by Crippen LogP contribution is 2.18. The maximum absolute atomic E-state index is 8.69. The number of ether oxygens (including phenoxy) is 1. The van der Waals surface area contributed by atoms with Gasteiger partial charge in [-0.25, -0.2) is 0 Å². The van der Waals surface area contributed by atoms with Crippen molar-refractivity contribution in [3.8, 4) is 0 Å². The average Bonchev–Trinajstić information content (AvgIpc) is 3.31. The van der Waals surface area contributed by atoms with Crippen molar-refractivity contribution >= 4 is 0 Å². The summed E-state index contributed by atoms with van der Waals surface area (Å²) in [6.07, 6.45) is 22.5. The van der Waals surface area contributed by atoms with E-state index in [0.717, 1.165) is 13.0 Å². The lowest BCUT2D eigenvalue weighted by molar-refractivity contribution is 0.282. The first-order valence-electron chi connectivity index (χ1n) is 9.66. The molecule has 1 N–H and O–H groups in total. The van der Waals surface area contributed by atoms with E-state index in [0.29, 0.717) is 12.7 Å². The van der Waals surface area contributed by atoms with Crippen molar-refractivity contribution in [2.75, 3.05) is 13.2 Å². The Labute approximate surface area is 132 Å². The molecule has 0 aromatic carbocycles. The van der Waals surface area contributed by atoms with Crippen LogP contribution in [0.5, 0.6) is 0 Å². The molecule has 2 heteroatoms. The number of unbranched alkanes of at least 4 members (excludes halogenated alkanes) is 14. The van der Waals surface area contributed by atoms with Gasteiger partial charge in [-0.2, -0.15) is 0 Å². The van der Waals surface area contributed by atoms with Crippen LogP contribution >= 0.6 is 0 Å². The molecule has 1 atom stereocenters. The normalized spacial score (nSPS) is 17.3. The molecule has 0 aromatic heterocycles. The lowest BCUT2D eigenvalue weighted by Gasteiger charge is -2.03. The number of rotatable bonds is 17. The maximum Gasteiger partial charge on any atom is 0.0810 e. The second-order valence-corrected chi connectivity index (χ2v) is 6.77. The van der Waals surface area contributed by atoms with E-state index in [9.17, 15) is 0 Å². The zero-order chi connectivity index (χ0) is 15.0. The molecule has 1 rings (SSSR count). The van der Waals surface area contributed by atoms with Gasteiger partial charge in [0.2, 0.25) is 0 Å². The average molecular weight is 299 g/mol. The molecule has 0 radical (unpaired) electrons. The number of hydrogen-bond acceptors (Lipinski definition) is 2. The van der Waals surface area contributed by atoms with Gasteiger partial charge >= 0.3 is 0 Å². The Balaban J connectivity index is 1.59. The first kappa shape index (κ1) is 19.0. The van der Waals surface area contributed by atoms with Gasteiger partial charge in [-0.15, -0.1) is 0 Å². The molecule has 0 bridgehead atoms. The van der Waals surface area contributed by atoms with Crippen LogP contribution in [-0.2, 0) is 4.74 Å². The van der Waals surface area contributed by atoms with Crippen LogP contribution in [0.4, 0.5) is 0 Å². The van der Waals surface area contributed by atoms with Crippen LogP contribution in [0.15, 0.2) is 0 Å². The Morgan fingerprint density at radius 2 is 0.905 bits per heavy atom. The summed E-state index contributed by atoms with van der Waals surface area (Å²) in [4.78, 5) is 0. The van der Waals surface area contributed by atoms with Gasteiger partial charge in [-0.1, -0.05) is 89.9 Å². The molecule has 1 aliphatic heterocycles. The summed E-state index contributed by atoms with van der Waals surface area (Å²) in [6.45, 7) is 1.40. The summed E-state index contributed by atoms with van der Waals surface area (Å²) in [5, 5.41) is 8.69. The highest BCUT2D eigenvalue weighted by atomic mass is 16.6. The molecule has 0 saturated carbocycles. The maximum atomic E-state index is 8.69. The third-order valence-electron chi connectivity index (χ3n) is 4.59. The van der Waals surface area contributed by atoms with E-state index in [-0.39, 0.29) is 0 Å². The van der Waals surface area contributed by atoms with Gasteiger partial charge < -0.3 is 9.84 Å². The lowest BCUT2D eigenvalue weighted by atomic mass is 10.0. The number of aliphatic hydroxyl groups excluding tert-OH is 1. The zero-order valence-corrected chi connectivity index (χ0v) is 14.2. The van der Waals surface area contributed by atoms with Crippen LogP contribution < -0.4 is 0 Å². The summed E-state index contributed by atoms with van der Waals surface area (Å²) in [7, 11) is 0. The predicted octanol–water partition coefficient (Wildman–Crippen LogP) is 5.62. The third kappa shape index (κ3) is 14.6. The van der Waals surface area contributed by atoms with E-state index in [1.165, 1.54) is 96.3 Å². The van der Waals surface area contributed by atoms with Crippen LogP contribution in [0.1, 0.15) is 103 Å². The lowest BCUT2D eigenvalue weighted by Crippen LogP contribution is -1.86. The first-order valence-corrected chi connectivity index (χ1v) is 9.66. The Bertz CT molecular complexity index is 202. The molecule has 1 fully saturated rings. The van der Waals surface area contributed by atoms with Crippen LogP contribution in [0, 0.1) is 0 Å². The topological polar surface area (TPSA) is 32.8 Å². The van der Waals surface area contributed by atoms with Gasteiger partial charge in [0.25, 0.3) is 0 Å². The minimum absolute atomic E-state index is 0.370. The van der Waals surface area contributed by atoms with E-state index in [1.54, 1.807) is 0 Å². The second kappa shape index (κ2) is 14.8. The van der Waals surface area contributed by atoms with Crippen LogP contribution in [-0.4, -0.2) is 24.4 Å². The highest BCUT2D eigenvalue weighted by molar-refractivity contribution is 4.68. The summed E-state index contributed by atoms with van der Waals surface area (Å²) in [5.41, 5.74) is 0. The zero-order valence-electron chi connectivity index (χ0n) is 14.2. The van der Waals surface area contributed by atoms with Gasteiger partial charge in [0, 0.05) is 6.61 Å². The van der Waals surface area contributed by atoms with Crippen LogP contribution in [0.3, 0.4) is 0 Å². The van der Waals surface area contributed by atoms with Crippen molar-refractivity contribution in [1.82, 2.24) is 0 Å². The first-order chi connectivity index (χ1) is 10.4. The summed E-state index contributed by atoms with van der Waals surface area (Å²) < 4.78 is 5.22. The molecule has 0 amide bonds. The van der Waals surface area contributed by atoms with E-state index < -0.39 is 0 Å². The molecule has 1 saturated heterocycles. The quantitative estimate of drug-likeness (QED) is 0.279. The number of aliphatic hydroxyl groups is 1. The second-order valence-electron chi connectivity index (χ2n) is 6.77. The van der Waals surface area contributed by atoms with Gasteiger partial charge in [0.05, 0.1) is 12.7 Å². The summed E-state index contributed by atoms with van der Waals surface area (Å²) in [6, 6.07) is 0. The van der Waals surface area contributed by atoms with Crippen molar-refractivity contribution in [2.24, 2.45) is 0 Å². The monoisotopic (exact) mass is 298 g/mol. The fraction of sp³-hybridized carbons (Fsp3) is 1.00. The molecule has 21 heavy (non-hydrogen) atoms. The van der Waals surface area contributed by atoms with Gasteiger partial charge in [0.1, 0.15) is 0 Å². The fourth-order valence-electron chi connectivity index (χ4n) is 3.02. The highest BCUT2D eigenvalue weighted by Gasteiger charge is 2.20. The fourth-order valence-corrected chi connectivity index (χ4v) is 3.02. The third-order valence-corrected chi connectivity index (χ3v) is 4.59. The van der Waals surface area contributed by atoms with Crippen LogP contribution in [0.25, 0.3) is 0 Å². The Morgan fingerprint density at radius 3 is 1.24 bits per heavy atom. The number of hydrogen-bond donors (Lipinski definition) is 1. The van der Waals surface area contributed by atoms with Crippen molar-refractivity contribution in [3.05, 3.63) is 0 Å². The van der Waals surface area contributed by atoms with Crippen molar-refractivity contribution in [2.45, 2.75) is 109 Å². The van der Waals surface area contributed by atoms with Crippen molar-refractivity contribution in [3.63, 3.8) is 0 Å². The smallest absolute Gasteiger partial charge is 0.0810 e. The molecule has 1 unspecified atom stereocenters. The van der Waals surface area contributed by atoms with Crippen LogP contribution in [0.2, 0.25) is 0 Å². The van der Waals surface area contributed by atoms with E-state index >= 15 is 0 Å². The summed E-state index contributed by atoms with van der Waals surface area (Å²) in [5.74, 6) is 0. The largest absolute Gasteiger partial charge is 0.396 e. The standard InChI is InChI=1S/C19H38O2/c20-17-15-13-11-9-7-5-3-1-2-4-6-8-10-12-14-16-19-18-21-19/h19-20H,1-18H2. The predicted molar refractivity (Wildman–Crippen MR) is 90.7 cm³/mol. The van der Waals surface area contributed by atoms with E-state index in [2.05, 4.69) is 0 Å². The molecule has 126 valence electrons. The van der Waals surface area contributed by atoms with E-state index in [1.807, 2.05) is 0 Å². The van der Waals surface area contributed by atoms with Crippen molar-refractivity contribution < 1.29 is 9.84 Å². The SMILES string of the molecule is OCCCCCCCCCCCCCCCCCC1CO1. The molecule has 1 heterocycles. The minimum Gasteiger partial charge on any atom is -0.396 e. The molecule has 0 spiro atoms. The Morgan fingerprint density at radius 1 is 0.571 bits per heavy atom. The molecular weight excluding hydrogens is 260 g/mol. The minimum atomic E-state index is 0.370. The Hall–Kier alpha value is -0.0800. The molecular formula is C19H38O2. The van der Waals surface area contributed by atoms with Gasteiger partial charge in [-0.3, -0.25) is 0 Å². The number of epoxide rings is 1. The molecule has 1 aliphatic rings. The molecule has 0 aromatic rings. The van der Waals surface area contributed by atoms with Crippen molar-refractivity contribution in [1.29, 1.82) is 0 Å². The van der Waals surface area contributed by atoms with Gasteiger partial charge in [-0.05, 0) is 12.8 Å². The molecule has 0 aliphatic carbocycles.